The lowest BCUT2D eigenvalue weighted by atomic mass is 10.1. The van der Waals surface area contributed by atoms with Crippen molar-refractivity contribution in [1.82, 2.24) is 9.97 Å². The zero-order valence-electron chi connectivity index (χ0n) is 8.91. The van der Waals surface area contributed by atoms with Gasteiger partial charge in [-0.3, -0.25) is 0 Å². The average Bonchev–Trinajstić information content (AvgIpc) is 2.26. The highest BCUT2D eigenvalue weighted by Gasteiger charge is 2.28. The van der Waals surface area contributed by atoms with Crippen molar-refractivity contribution in [3.8, 4) is 0 Å². The zero-order valence-corrected chi connectivity index (χ0v) is 8.91. The lowest BCUT2D eigenvalue weighted by Crippen LogP contribution is -2.29. The first-order valence-electron chi connectivity index (χ1n) is 4.50. The van der Waals surface area contributed by atoms with E-state index in [4.69, 9.17) is 5.73 Å². The molecule has 1 heterocycles. The molecule has 1 aromatic heterocycles. The Balaban J connectivity index is 2.96. The summed E-state index contributed by atoms with van der Waals surface area (Å²) in [4.78, 5) is 18.5. The normalized spacial score (nSPS) is 14.2. The van der Waals surface area contributed by atoms with E-state index in [1.807, 2.05) is 0 Å². The second-order valence-corrected chi connectivity index (χ2v) is 3.18. The first-order chi connectivity index (χ1) is 7.47. The smallest absolute Gasteiger partial charge is 0.337 e. The minimum atomic E-state index is -1.67. The van der Waals surface area contributed by atoms with Crippen LogP contribution in [0.2, 0.25) is 0 Å². The number of ether oxygens (including phenoxy) is 1. The van der Waals surface area contributed by atoms with Crippen LogP contribution in [0.5, 0.6) is 0 Å². The minimum Gasteiger partial charge on any atom is -0.467 e. The Morgan fingerprint density at radius 2 is 2.19 bits per heavy atom. The summed E-state index contributed by atoms with van der Waals surface area (Å²) in [5.74, 6) is -0.871. The minimum absolute atomic E-state index is 0.0565. The summed E-state index contributed by atoms with van der Waals surface area (Å²) in [6.07, 6.45) is -1.85. The molecule has 4 N–H and O–H groups in total. The molecule has 0 fully saturated rings. The number of aromatic nitrogens is 2. The highest BCUT2D eigenvalue weighted by molar-refractivity contribution is 5.75. The van der Waals surface area contributed by atoms with Crippen molar-refractivity contribution in [3.63, 3.8) is 0 Å². The first kappa shape index (κ1) is 12.3. The first-order valence-corrected chi connectivity index (χ1v) is 4.50. The molecule has 0 aliphatic rings. The van der Waals surface area contributed by atoms with Crippen LogP contribution in [0, 0.1) is 6.92 Å². The van der Waals surface area contributed by atoms with E-state index in [1.54, 1.807) is 6.92 Å². The second-order valence-electron chi connectivity index (χ2n) is 3.18. The van der Waals surface area contributed by atoms with E-state index in [0.29, 0.717) is 5.69 Å². The van der Waals surface area contributed by atoms with Crippen molar-refractivity contribution in [2.75, 3.05) is 12.8 Å². The van der Waals surface area contributed by atoms with Crippen molar-refractivity contribution in [2.24, 2.45) is 0 Å². The molecule has 1 aromatic rings. The van der Waals surface area contributed by atoms with Crippen LogP contribution < -0.4 is 5.73 Å². The summed E-state index contributed by atoms with van der Waals surface area (Å²) in [5.41, 5.74) is 5.95. The fraction of sp³-hybridized carbons (Fsp3) is 0.444. The maximum atomic E-state index is 11.0. The molecule has 0 aromatic carbocycles. The van der Waals surface area contributed by atoms with Crippen LogP contribution in [0.3, 0.4) is 0 Å². The van der Waals surface area contributed by atoms with Gasteiger partial charge in [-0.1, -0.05) is 0 Å². The molecule has 0 aliphatic carbocycles. The zero-order chi connectivity index (χ0) is 12.3. The van der Waals surface area contributed by atoms with Crippen molar-refractivity contribution in [2.45, 2.75) is 19.1 Å². The van der Waals surface area contributed by atoms with Gasteiger partial charge in [-0.15, -0.1) is 0 Å². The average molecular weight is 227 g/mol. The predicted molar refractivity (Wildman–Crippen MR) is 54.2 cm³/mol. The Morgan fingerprint density at radius 3 is 2.69 bits per heavy atom. The Labute approximate surface area is 91.9 Å². The highest BCUT2D eigenvalue weighted by atomic mass is 16.5. The van der Waals surface area contributed by atoms with Crippen molar-refractivity contribution >= 4 is 11.9 Å². The molecule has 0 bridgehead atoms. The van der Waals surface area contributed by atoms with Gasteiger partial charge in [0.15, 0.2) is 6.10 Å². The third kappa shape index (κ3) is 2.44. The van der Waals surface area contributed by atoms with Gasteiger partial charge in [-0.05, 0) is 6.92 Å². The molecule has 0 saturated carbocycles. The van der Waals surface area contributed by atoms with Gasteiger partial charge < -0.3 is 20.7 Å². The predicted octanol–water partition coefficient (Wildman–Crippen LogP) is -1.07. The molecular weight excluding hydrogens is 214 g/mol. The standard InChI is InChI=1S/C9H13N3O4/c1-4-5(3-11-9(10)12-4)6(13)7(14)8(15)16-2/h3,6-7,13-14H,1-2H3,(H2,10,11,12). The molecule has 0 amide bonds. The van der Waals surface area contributed by atoms with Gasteiger partial charge in [-0.25, -0.2) is 14.8 Å². The molecule has 2 unspecified atom stereocenters. The summed E-state index contributed by atoms with van der Waals surface area (Å²) in [7, 11) is 1.12. The van der Waals surface area contributed by atoms with Crippen LogP contribution in [0.1, 0.15) is 17.4 Å². The molecule has 0 aliphatic heterocycles. The summed E-state index contributed by atoms with van der Waals surface area (Å²) < 4.78 is 4.30. The van der Waals surface area contributed by atoms with Crippen molar-refractivity contribution in [3.05, 3.63) is 17.5 Å². The third-order valence-electron chi connectivity index (χ3n) is 2.10. The Kier molecular flexibility index (Phi) is 3.75. The van der Waals surface area contributed by atoms with Gasteiger partial charge in [-0.2, -0.15) is 0 Å². The summed E-state index contributed by atoms with van der Waals surface area (Å²) in [6.45, 7) is 1.58. The second kappa shape index (κ2) is 4.86. The topological polar surface area (TPSA) is 119 Å². The Hall–Kier alpha value is -1.73. The molecule has 0 radical (unpaired) electrons. The summed E-state index contributed by atoms with van der Waals surface area (Å²) in [6, 6.07) is 0. The van der Waals surface area contributed by atoms with Crippen LogP contribution in [-0.4, -0.2) is 39.4 Å². The van der Waals surface area contributed by atoms with E-state index in [-0.39, 0.29) is 11.5 Å². The lowest BCUT2D eigenvalue weighted by Gasteiger charge is -2.16. The molecule has 7 heteroatoms. The molecule has 1 rings (SSSR count). The van der Waals surface area contributed by atoms with Crippen LogP contribution >= 0.6 is 0 Å². The highest BCUT2D eigenvalue weighted by Crippen LogP contribution is 2.19. The number of hydrogen-bond acceptors (Lipinski definition) is 7. The van der Waals surface area contributed by atoms with Gasteiger partial charge in [0.1, 0.15) is 6.10 Å². The van der Waals surface area contributed by atoms with Crippen LogP contribution in [0.15, 0.2) is 6.20 Å². The van der Waals surface area contributed by atoms with E-state index < -0.39 is 18.2 Å². The number of nitrogen functional groups attached to an aromatic ring is 1. The number of anilines is 1. The van der Waals surface area contributed by atoms with Gasteiger partial charge in [0.2, 0.25) is 5.95 Å². The van der Waals surface area contributed by atoms with Crippen LogP contribution in [0.25, 0.3) is 0 Å². The number of esters is 1. The van der Waals surface area contributed by atoms with E-state index in [2.05, 4.69) is 14.7 Å². The van der Waals surface area contributed by atoms with E-state index in [1.165, 1.54) is 6.20 Å². The van der Waals surface area contributed by atoms with Gasteiger partial charge in [0.25, 0.3) is 0 Å². The number of aliphatic hydroxyl groups excluding tert-OH is 2. The number of nitrogens with two attached hydrogens (primary N) is 1. The number of methoxy groups -OCH3 is 1. The molecule has 0 saturated heterocycles. The van der Waals surface area contributed by atoms with Gasteiger partial charge in [0, 0.05) is 17.5 Å². The number of nitrogens with zero attached hydrogens (tertiary/aromatic N) is 2. The third-order valence-corrected chi connectivity index (χ3v) is 2.10. The monoisotopic (exact) mass is 227 g/mol. The van der Waals surface area contributed by atoms with E-state index in [0.717, 1.165) is 7.11 Å². The fourth-order valence-electron chi connectivity index (χ4n) is 1.20. The Morgan fingerprint density at radius 1 is 1.56 bits per heavy atom. The maximum absolute atomic E-state index is 11.0. The van der Waals surface area contributed by atoms with Crippen molar-refractivity contribution < 1.29 is 19.7 Å². The quantitative estimate of drug-likeness (QED) is 0.563. The number of carbonyl (C=O) groups excluding carboxylic acids is 1. The Bertz CT molecular complexity index is 396. The summed E-state index contributed by atoms with van der Waals surface area (Å²) >= 11 is 0. The SMILES string of the molecule is COC(=O)C(O)C(O)c1cnc(N)nc1C. The molecule has 7 nitrogen and oxygen atoms in total. The van der Waals surface area contributed by atoms with Gasteiger partial charge in [0.05, 0.1) is 7.11 Å². The molecule has 16 heavy (non-hydrogen) atoms. The lowest BCUT2D eigenvalue weighted by molar-refractivity contribution is -0.156. The number of aliphatic hydroxyl groups is 2. The van der Waals surface area contributed by atoms with Crippen LogP contribution in [-0.2, 0) is 9.53 Å². The number of carbonyl (C=O) groups is 1. The molecule has 2 atom stereocenters. The molecular formula is C9H13N3O4. The van der Waals surface area contributed by atoms with Gasteiger partial charge >= 0.3 is 5.97 Å². The molecule has 88 valence electrons. The fourth-order valence-corrected chi connectivity index (χ4v) is 1.20. The number of hydrogen-bond donors (Lipinski definition) is 3. The number of aryl methyl sites for hydroxylation is 1. The van der Waals surface area contributed by atoms with E-state index in [9.17, 15) is 15.0 Å². The summed E-state index contributed by atoms with van der Waals surface area (Å²) in [5, 5.41) is 19.1. The van der Waals surface area contributed by atoms with E-state index >= 15 is 0 Å². The molecule has 0 spiro atoms. The largest absolute Gasteiger partial charge is 0.467 e. The van der Waals surface area contributed by atoms with Crippen LogP contribution in [0.4, 0.5) is 5.95 Å². The maximum Gasteiger partial charge on any atom is 0.337 e. The van der Waals surface area contributed by atoms with Crippen molar-refractivity contribution in [1.29, 1.82) is 0 Å². The number of rotatable bonds is 3.